The van der Waals surface area contributed by atoms with Gasteiger partial charge in [0.1, 0.15) is 0 Å². The van der Waals surface area contributed by atoms with Gasteiger partial charge in [-0.2, -0.15) is 0 Å². The molecule has 0 nitrogen and oxygen atoms in total. The van der Waals surface area contributed by atoms with E-state index in [1.807, 2.05) is 0 Å². The van der Waals surface area contributed by atoms with Gasteiger partial charge in [-0.15, -0.1) is 0 Å². The van der Waals surface area contributed by atoms with E-state index in [1.54, 1.807) is 11.1 Å². The van der Waals surface area contributed by atoms with E-state index in [9.17, 15) is 0 Å². The van der Waals surface area contributed by atoms with Crippen LogP contribution in [0.3, 0.4) is 0 Å². The van der Waals surface area contributed by atoms with Crippen molar-refractivity contribution in [1.29, 1.82) is 0 Å². The third-order valence-corrected chi connectivity index (χ3v) is 3.65. The van der Waals surface area contributed by atoms with Gasteiger partial charge in [0.25, 0.3) is 0 Å². The highest BCUT2D eigenvalue weighted by Gasteiger charge is 2.05. The van der Waals surface area contributed by atoms with Crippen LogP contribution in [0, 0.1) is 5.92 Å². The predicted octanol–water partition coefficient (Wildman–Crippen LogP) is 5.43. The molecule has 0 aliphatic heterocycles. The third-order valence-electron chi connectivity index (χ3n) is 3.65. The van der Waals surface area contributed by atoms with Crippen LogP contribution in [0.1, 0.15) is 59.8 Å². The van der Waals surface area contributed by atoms with E-state index in [0.717, 1.165) is 12.3 Å². The molecule has 0 bridgehead atoms. The molecule has 16 heavy (non-hydrogen) atoms. The molecule has 1 rings (SSSR count). The quantitative estimate of drug-likeness (QED) is 0.476. The van der Waals surface area contributed by atoms with E-state index in [2.05, 4.69) is 45.9 Å². The molecule has 0 aromatic rings. The summed E-state index contributed by atoms with van der Waals surface area (Å²) in [6, 6.07) is 0. The maximum absolute atomic E-state index is 2.41. The summed E-state index contributed by atoms with van der Waals surface area (Å²) in [6.45, 7) is 9.15. The largest absolute Gasteiger partial charge is 0.0853 e. The van der Waals surface area contributed by atoms with Gasteiger partial charge in [-0.05, 0) is 58.8 Å². The fraction of sp³-hybridized carbons (Fsp3) is 0.625. The van der Waals surface area contributed by atoms with E-state index in [0.29, 0.717) is 0 Å². The molecule has 1 aliphatic carbocycles. The Hall–Kier alpha value is -0.780. The molecule has 90 valence electrons. The minimum Gasteiger partial charge on any atom is -0.0853 e. The monoisotopic (exact) mass is 218 g/mol. The lowest BCUT2D eigenvalue weighted by Gasteiger charge is -2.13. The minimum absolute atomic E-state index is 0.732. The van der Waals surface area contributed by atoms with E-state index < -0.39 is 0 Å². The first-order valence-electron chi connectivity index (χ1n) is 6.57. The highest BCUT2D eigenvalue weighted by Crippen LogP contribution is 2.21. The van der Waals surface area contributed by atoms with Crippen molar-refractivity contribution in [1.82, 2.24) is 0 Å². The zero-order valence-electron chi connectivity index (χ0n) is 11.3. The average molecular weight is 218 g/mol. The van der Waals surface area contributed by atoms with Crippen LogP contribution in [-0.4, -0.2) is 0 Å². The van der Waals surface area contributed by atoms with Gasteiger partial charge in [-0.1, -0.05) is 41.9 Å². The Morgan fingerprint density at radius 3 is 2.25 bits per heavy atom. The van der Waals surface area contributed by atoms with Crippen LogP contribution in [0.4, 0.5) is 0 Å². The normalized spacial score (nSPS) is 24.8. The average Bonchev–Trinajstić information content (AvgIpc) is 2.27. The van der Waals surface area contributed by atoms with Crippen molar-refractivity contribution in [2.45, 2.75) is 59.8 Å². The fourth-order valence-corrected chi connectivity index (χ4v) is 2.04. The summed E-state index contributed by atoms with van der Waals surface area (Å²) in [5.74, 6) is 0.732. The second-order valence-corrected chi connectivity index (χ2v) is 5.27. The smallest absolute Gasteiger partial charge is 0.0139 e. The maximum Gasteiger partial charge on any atom is -0.0139 e. The van der Waals surface area contributed by atoms with Gasteiger partial charge in [-0.3, -0.25) is 0 Å². The van der Waals surface area contributed by atoms with E-state index in [1.165, 1.54) is 31.3 Å². The van der Waals surface area contributed by atoms with Crippen molar-refractivity contribution >= 4 is 0 Å². The Morgan fingerprint density at radius 1 is 0.938 bits per heavy atom. The maximum atomic E-state index is 2.41. The molecule has 0 N–H and O–H groups in total. The lowest BCUT2D eigenvalue weighted by Crippen LogP contribution is -1.97. The van der Waals surface area contributed by atoms with Crippen LogP contribution >= 0.6 is 0 Å². The van der Waals surface area contributed by atoms with Gasteiger partial charge in [0.2, 0.25) is 0 Å². The molecule has 0 heterocycles. The van der Waals surface area contributed by atoms with Crippen LogP contribution in [0.25, 0.3) is 0 Å². The molecule has 1 unspecified atom stereocenters. The molecule has 0 heteroatoms. The molecule has 0 amide bonds. The Labute approximate surface area is 101 Å². The van der Waals surface area contributed by atoms with Gasteiger partial charge >= 0.3 is 0 Å². The van der Waals surface area contributed by atoms with E-state index in [-0.39, 0.29) is 0 Å². The minimum atomic E-state index is 0.732. The SMILES string of the molecule is CC1=CCCC=C(C)CCC(C)C(C)=CC1. The Kier molecular flexibility index (Phi) is 5.59. The molecule has 0 aromatic heterocycles. The Morgan fingerprint density at radius 2 is 1.56 bits per heavy atom. The second-order valence-electron chi connectivity index (χ2n) is 5.27. The summed E-state index contributed by atoms with van der Waals surface area (Å²) in [5.41, 5.74) is 4.63. The second kappa shape index (κ2) is 6.73. The zero-order valence-corrected chi connectivity index (χ0v) is 11.3. The number of rotatable bonds is 0. The molecule has 0 fully saturated rings. The first-order valence-corrected chi connectivity index (χ1v) is 6.57. The topological polar surface area (TPSA) is 0 Å². The summed E-state index contributed by atoms with van der Waals surface area (Å²) >= 11 is 0. The predicted molar refractivity (Wildman–Crippen MR) is 73.5 cm³/mol. The summed E-state index contributed by atoms with van der Waals surface area (Å²) in [7, 11) is 0. The van der Waals surface area contributed by atoms with Crippen molar-refractivity contribution in [3.63, 3.8) is 0 Å². The fourth-order valence-electron chi connectivity index (χ4n) is 2.04. The molecule has 0 radical (unpaired) electrons. The molecule has 1 aliphatic rings. The number of allylic oxidation sites excluding steroid dienone is 6. The van der Waals surface area contributed by atoms with Crippen LogP contribution in [0.15, 0.2) is 34.9 Å². The molecule has 1 atom stereocenters. The summed E-state index contributed by atoms with van der Waals surface area (Å²) in [4.78, 5) is 0. The molecular weight excluding hydrogens is 192 g/mol. The van der Waals surface area contributed by atoms with Crippen molar-refractivity contribution in [2.75, 3.05) is 0 Å². The lowest BCUT2D eigenvalue weighted by atomic mass is 9.93. The zero-order chi connectivity index (χ0) is 12.0. The van der Waals surface area contributed by atoms with Gasteiger partial charge in [-0.25, -0.2) is 0 Å². The molecule has 0 aromatic carbocycles. The molecule has 0 spiro atoms. The first kappa shape index (κ1) is 13.3. The Bertz CT molecular complexity index is 302. The van der Waals surface area contributed by atoms with Crippen LogP contribution in [-0.2, 0) is 0 Å². The summed E-state index contributed by atoms with van der Waals surface area (Å²) < 4.78 is 0. The van der Waals surface area contributed by atoms with Crippen molar-refractivity contribution < 1.29 is 0 Å². The highest BCUT2D eigenvalue weighted by molar-refractivity contribution is 5.12. The van der Waals surface area contributed by atoms with Crippen molar-refractivity contribution in [3.8, 4) is 0 Å². The van der Waals surface area contributed by atoms with E-state index in [4.69, 9.17) is 0 Å². The standard InChI is InChI=1S/C16H26/c1-13-7-5-6-8-14(2)10-12-16(4)15(3)11-9-13/h7-8,11,16H,5-6,9-10,12H2,1-4H3. The molecule has 0 saturated carbocycles. The lowest BCUT2D eigenvalue weighted by molar-refractivity contribution is 0.607. The molecule has 0 saturated heterocycles. The number of hydrogen-bond donors (Lipinski definition) is 0. The van der Waals surface area contributed by atoms with E-state index >= 15 is 0 Å². The summed E-state index contributed by atoms with van der Waals surface area (Å²) in [5, 5.41) is 0. The third kappa shape index (κ3) is 4.83. The van der Waals surface area contributed by atoms with Crippen molar-refractivity contribution in [2.24, 2.45) is 5.92 Å². The van der Waals surface area contributed by atoms with Crippen LogP contribution in [0.2, 0.25) is 0 Å². The highest BCUT2D eigenvalue weighted by atomic mass is 14.1. The van der Waals surface area contributed by atoms with Gasteiger partial charge < -0.3 is 0 Å². The van der Waals surface area contributed by atoms with Crippen LogP contribution < -0.4 is 0 Å². The van der Waals surface area contributed by atoms with Crippen molar-refractivity contribution in [3.05, 3.63) is 34.9 Å². The Balaban J connectivity index is 2.74. The van der Waals surface area contributed by atoms with Gasteiger partial charge in [0.15, 0.2) is 0 Å². The summed E-state index contributed by atoms with van der Waals surface area (Å²) in [6.07, 6.45) is 13.3. The van der Waals surface area contributed by atoms with Gasteiger partial charge in [0.05, 0.1) is 0 Å². The number of hydrogen-bond acceptors (Lipinski definition) is 0. The molecular formula is C16H26. The van der Waals surface area contributed by atoms with Gasteiger partial charge in [0, 0.05) is 0 Å². The first-order chi connectivity index (χ1) is 7.59. The van der Waals surface area contributed by atoms with Crippen LogP contribution in [0.5, 0.6) is 0 Å².